The monoisotopic (exact) mass is 373 g/mol. The maximum absolute atomic E-state index is 12.7. The molecule has 1 aliphatic heterocycles. The number of anilines is 1. The van der Waals surface area contributed by atoms with Crippen LogP contribution in [0.5, 0.6) is 0 Å². The molecule has 1 saturated heterocycles. The Balaban J connectivity index is 1.76. The van der Waals surface area contributed by atoms with E-state index in [9.17, 15) is 13.2 Å². The van der Waals surface area contributed by atoms with Crippen LogP contribution in [0.15, 0.2) is 24.5 Å². The van der Waals surface area contributed by atoms with Gasteiger partial charge in [0, 0.05) is 49.3 Å². The van der Waals surface area contributed by atoms with E-state index in [-0.39, 0.29) is 12.7 Å². The summed E-state index contributed by atoms with van der Waals surface area (Å²) in [6, 6.07) is 3.39. The molecule has 0 aliphatic carbocycles. The zero-order valence-electron chi connectivity index (χ0n) is 13.5. The van der Waals surface area contributed by atoms with Crippen LogP contribution in [0.25, 0.3) is 11.3 Å². The Morgan fingerprint density at radius 2 is 2.08 bits per heavy atom. The van der Waals surface area contributed by atoms with Gasteiger partial charge in [-0.05, 0) is 25.0 Å². The van der Waals surface area contributed by atoms with Gasteiger partial charge in [0.15, 0.2) is 0 Å². The summed E-state index contributed by atoms with van der Waals surface area (Å²) in [4.78, 5) is 6.12. The van der Waals surface area contributed by atoms with Gasteiger partial charge < -0.3 is 10.2 Å². The third-order valence-corrected chi connectivity index (χ3v) is 4.51. The second-order valence-corrected chi connectivity index (χ2v) is 6.35. The van der Waals surface area contributed by atoms with Crippen molar-refractivity contribution in [2.45, 2.75) is 25.4 Å². The van der Waals surface area contributed by atoms with Gasteiger partial charge in [0.05, 0.1) is 5.69 Å². The predicted octanol–water partition coefficient (Wildman–Crippen LogP) is 3.84. The second kappa shape index (κ2) is 8.05. The highest BCUT2D eigenvalue weighted by atomic mass is 35.5. The number of halogens is 4. The van der Waals surface area contributed by atoms with Crippen molar-refractivity contribution in [2.24, 2.45) is 0 Å². The first kappa shape index (κ1) is 18.0. The molecule has 2 aromatic rings. The molecule has 1 aliphatic rings. The zero-order chi connectivity index (χ0) is 17.8. The van der Waals surface area contributed by atoms with Gasteiger partial charge in [0.1, 0.15) is 11.8 Å². The lowest BCUT2D eigenvalue weighted by molar-refractivity contribution is 0.0568. The van der Waals surface area contributed by atoms with E-state index >= 15 is 0 Å². The number of hydrogen-bond acceptors (Lipinski definition) is 4. The Hall–Kier alpha value is -1.80. The second-order valence-electron chi connectivity index (χ2n) is 5.96. The zero-order valence-corrected chi connectivity index (χ0v) is 14.3. The number of rotatable bonds is 6. The van der Waals surface area contributed by atoms with Crippen molar-refractivity contribution in [1.82, 2.24) is 19.7 Å². The molecule has 1 N–H and O–H groups in total. The molecule has 0 unspecified atom stereocenters. The van der Waals surface area contributed by atoms with E-state index in [4.69, 9.17) is 11.6 Å². The standard InChI is InChI=1S/C16H19ClF3N5/c17-15-9-14(22-11-1-5-24(6-2-11)8-4-18)12(10-21-15)13-3-7-25(23-13)16(19)20/h3,7,9-11,16H,1-2,4-6,8H2,(H,21,22). The van der Waals surface area contributed by atoms with Gasteiger partial charge in [0.25, 0.3) is 0 Å². The fourth-order valence-electron chi connectivity index (χ4n) is 2.98. The number of nitrogens with zero attached hydrogens (tertiary/aromatic N) is 4. The van der Waals surface area contributed by atoms with Gasteiger partial charge in [-0.2, -0.15) is 13.9 Å². The molecule has 0 atom stereocenters. The maximum atomic E-state index is 12.7. The summed E-state index contributed by atoms with van der Waals surface area (Å²) < 4.78 is 38.5. The quantitative estimate of drug-likeness (QED) is 0.781. The van der Waals surface area contributed by atoms with Crippen molar-refractivity contribution in [3.05, 3.63) is 29.7 Å². The summed E-state index contributed by atoms with van der Waals surface area (Å²) in [5.74, 6) is 0. The highest BCUT2D eigenvalue weighted by molar-refractivity contribution is 6.29. The number of aromatic nitrogens is 3. The Bertz CT molecular complexity index is 701. The van der Waals surface area contributed by atoms with E-state index in [1.54, 1.807) is 6.07 Å². The average Bonchev–Trinajstić information content (AvgIpc) is 3.07. The predicted molar refractivity (Wildman–Crippen MR) is 90.8 cm³/mol. The molecule has 5 nitrogen and oxygen atoms in total. The number of pyridine rings is 1. The van der Waals surface area contributed by atoms with E-state index in [1.165, 1.54) is 18.5 Å². The first-order chi connectivity index (χ1) is 12.1. The van der Waals surface area contributed by atoms with Crippen molar-refractivity contribution >= 4 is 17.3 Å². The largest absolute Gasteiger partial charge is 0.382 e. The smallest absolute Gasteiger partial charge is 0.333 e. The molecule has 0 saturated carbocycles. The highest BCUT2D eigenvalue weighted by Gasteiger charge is 2.21. The summed E-state index contributed by atoms with van der Waals surface area (Å²) in [7, 11) is 0. The summed E-state index contributed by atoms with van der Waals surface area (Å²) >= 11 is 6.00. The molecule has 3 rings (SSSR count). The third-order valence-electron chi connectivity index (χ3n) is 4.30. The molecule has 0 radical (unpaired) electrons. The van der Waals surface area contributed by atoms with E-state index in [0.29, 0.717) is 33.3 Å². The Kier molecular flexibility index (Phi) is 5.80. The number of hydrogen-bond donors (Lipinski definition) is 1. The van der Waals surface area contributed by atoms with E-state index in [1.807, 2.05) is 0 Å². The SMILES string of the molecule is FCCN1CCC(Nc2cc(Cl)ncc2-c2ccn(C(F)F)n2)CC1. The Labute approximate surface area is 148 Å². The fourth-order valence-corrected chi connectivity index (χ4v) is 3.14. The van der Waals surface area contributed by atoms with Crippen molar-refractivity contribution in [1.29, 1.82) is 0 Å². The minimum Gasteiger partial charge on any atom is -0.382 e. The molecule has 0 aromatic carbocycles. The molecule has 0 bridgehead atoms. The van der Waals surface area contributed by atoms with Crippen molar-refractivity contribution in [3.63, 3.8) is 0 Å². The Morgan fingerprint density at radius 3 is 2.72 bits per heavy atom. The van der Waals surface area contributed by atoms with Gasteiger partial charge in [-0.25, -0.2) is 14.1 Å². The minimum absolute atomic E-state index is 0.199. The maximum Gasteiger partial charge on any atom is 0.333 e. The van der Waals surface area contributed by atoms with Crippen molar-refractivity contribution in [2.75, 3.05) is 31.6 Å². The van der Waals surface area contributed by atoms with Crippen LogP contribution in [0.2, 0.25) is 5.15 Å². The van der Waals surface area contributed by atoms with Crippen LogP contribution in [0.1, 0.15) is 19.4 Å². The van der Waals surface area contributed by atoms with Crippen molar-refractivity contribution < 1.29 is 13.2 Å². The normalized spacial score (nSPS) is 16.5. The van der Waals surface area contributed by atoms with Crippen LogP contribution in [0, 0.1) is 0 Å². The first-order valence-electron chi connectivity index (χ1n) is 8.11. The number of likely N-dealkylation sites (tertiary alicyclic amines) is 1. The lowest BCUT2D eigenvalue weighted by Gasteiger charge is -2.32. The lowest BCUT2D eigenvalue weighted by Crippen LogP contribution is -2.40. The summed E-state index contributed by atoms with van der Waals surface area (Å²) in [5, 5.41) is 7.62. The topological polar surface area (TPSA) is 46.0 Å². The molecule has 2 aromatic heterocycles. The number of nitrogens with one attached hydrogen (secondary N) is 1. The number of alkyl halides is 3. The first-order valence-corrected chi connectivity index (χ1v) is 8.48. The van der Waals surface area contributed by atoms with Crippen LogP contribution in [-0.4, -0.2) is 52.0 Å². The van der Waals surface area contributed by atoms with E-state index in [0.717, 1.165) is 25.9 Å². The highest BCUT2D eigenvalue weighted by Crippen LogP contribution is 2.30. The fraction of sp³-hybridized carbons (Fsp3) is 0.500. The summed E-state index contributed by atoms with van der Waals surface area (Å²) in [5.41, 5.74) is 1.74. The average molecular weight is 374 g/mol. The van der Waals surface area contributed by atoms with Gasteiger partial charge in [-0.15, -0.1) is 0 Å². The molecule has 9 heteroatoms. The van der Waals surface area contributed by atoms with Gasteiger partial charge in [-0.1, -0.05) is 11.6 Å². The van der Waals surface area contributed by atoms with Crippen LogP contribution in [-0.2, 0) is 0 Å². The van der Waals surface area contributed by atoms with E-state index < -0.39 is 6.55 Å². The molecule has 136 valence electrons. The van der Waals surface area contributed by atoms with Crippen LogP contribution in [0.4, 0.5) is 18.9 Å². The van der Waals surface area contributed by atoms with Crippen molar-refractivity contribution in [3.8, 4) is 11.3 Å². The van der Waals surface area contributed by atoms with Crippen LogP contribution >= 0.6 is 11.6 Å². The minimum atomic E-state index is -2.69. The molecule has 3 heterocycles. The van der Waals surface area contributed by atoms with Crippen LogP contribution in [0.3, 0.4) is 0 Å². The molecule has 0 amide bonds. The summed E-state index contributed by atoms with van der Waals surface area (Å²) in [6.45, 7) is -0.935. The lowest BCUT2D eigenvalue weighted by atomic mass is 10.0. The van der Waals surface area contributed by atoms with Gasteiger partial charge >= 0.3 is 6.55 Å². The molecule has 1 fully saturated rings. The number of piperidine rings is 1. The Morgan fingerprint density at radius 1 is 1.32 bits per heavy atom. The molecule has 0 spiro atoms. The van der Waals surface area contributed by atoms with Crippen LogP contribution < -0.4 is 5.32 Å². The summed E-state index contributed by atoms with van der Waals surface area (Å²) in [6.07, 6.45) is 4.49. The third kappa shape index (κ3) is 4.43. The molecule has 25 heavy (non-hydrogen) atoms. The molecular weight excluding hydrogens is 355 g/mol. The van der Waals surface area contributed by atoms with Gasteiger partial charge in [0.2, 0.25) is 0 Å². The molecular formula is C16H19ClF3N5. The van der Waals surface area contributed by atoms with Gasteiger partial charge in [-0.3, -0.25) is 0 Å². The van der Waals surface area contributed by atoms with E-state index in [2.05, 4.69) is 20.3 Å².